The van der Waals surface area contributed by atoms with Gasteiger partial charge in [-0.15, -0.1) is 11.3 Å². The molecule has 1 rings (SSSR count). The van der Waals surface area contributed by atoms with Gasteiger partial charge in [-0.3, -0.25) is 0 Å². The number of aromatic nitrogens is 1. The van der Waals surface area contributed by atoms with Crippen LogP contribution in [0.2, 0.25) is 0 Å². The van der Waals surface area contributed by atoms with Crippen molar-refractivity contribution in [3.05, 3.63) is 11.1 Å². The summed E-state index contributed by atoms with van der Waals surface area (Å²) in [5, 5.41) is 5.67. The number of nitrogens with zero attached hydrogens (tertiary/aromatic N) is 2. The third kappa shape index (κ3) is 3.29. The van der Waals surface area contributed by atoms with Gasteiger partial charge in [-0.05, 0) is 0 Å². The predicted molar refractivity (Wildman–Crippen MR) is 53.3 cm³/mol. The second kappa shape index (κ2) is 3.60. The molecule has 0 bridgehead atoms. The van der Waals surface area contributed by atoms with Gasteiger partial charge in [0.25, 0.3) is 0 Å². The number of nitrogens with two attached hydrogens (primary N) is 1. The van der Waals surface area contributed by atoms with Crippen molar-refractivity contribution < 1.29 is 8.42 Å². The van der Waals surface area contributed by atoms with Gasteiger partial charge in [-0.2, -0.15) is 0 Å². The van der Waals surface area contributed by atoms with E-state index < -0.39 is 10.0 Å². The van der Waals surface area contributed by atoms with Crippen LogP contribution in [0.3, 0.4) is 0 Å². The van der Waals surface area contributed by atoms with E-state index in [0.717, 1.165) is 5.13 Å². The van der Waals surface area contributed by atoms with E-state index in [1.54, 1.807) is 0 Å². The SMILES string of the molecule is CN(C)c1ncc(CS(N)(=O)=O)s1. The van der Waals surface area contributed by atoms with Crippen molar-refractivity contribution in [3.63, 3.8) is 0 Å². The Balaban J connectivity index is 2.81. The summed E-state index contributed by atoms with van der Waals surface area (Å²) < 4.78 is 21.4. The number of hydrogen-bond acceptors (Lipinski definition) is 5. The fourth-order valence-corrected chi connectivity index (χ4v) is 2.60. The molecule has 13 heavy (non-hydrogen) atoms. The average Bonchev–Trinajstić information content (AvgIpc) is 2.31. The van der Waals surface area contributed by atoms with Gasteiger partial charge in [0.1, 0.15) is 5.75 Å². The quantitative estimate of drug-likeness (QED) is 0.779. The molecule has 74 valence electrons. The standard InChI is InChI=1S/C6H11N3O2S2/c1-9(2)6-8-3-5(12-6)4-13(7,10)11/h3H,4H2,1-2H3,(H2,7,10,11). The molecule has 1 aromatic heterocycles. The van der Waals surface area contributed by atoms with Gasteiger partial charge in [-0.1, -0.05) is 0 Å². The van der Waals surface area contributed by atoms with Gasteiger partial charge in [0.15, 0.2) is 5.13 Å². The average molecular weight is 221 g/mol. The summed E-state index contributed by atoms with van der Waals surface area (Å²) in [7, 11) is 0.256. The van der Waals surface area contributed by atoms with Crippen LogP contribution >= 0.6 is 11.3 Å². The number of rotatable bonds is 3. The fraction of sp³-hybridized carbons (Fsp3) is 0.500. The summed E-state index contributed by atoms with van der Waals surface area (Å²) in [6.07, 6.45) is 1.53. The minimum absolute atomic E-state index is 0.140. The highest BCUT2D eigenvalue weighted by Gasteiger charge is 2.09. The molecule has 0 aliphatic rings. The van der Waals surface area contributed by atoms with Gasteiger partial charge in [0, 0.05) is 25.2 Å². The Labute approximate surface area is 81.2 Å². The Hall–Kier alpha value is -0.660. The predicted octanol–water partition coefficient (Wildman–Crippen LogP) is -0.00240. The van der Waals surface area contributed by atoms with Crippen LogP contribution in [0.25, 0.3) is 0 Å². The van der Waals surface area contributed by atoms with E-state index in [1.807, 2.05) is 19.0 Å². The lowest BCUT2D eigenvalue weighted by atomic mass is 10.6. The van der Waals surface area contributed by atoms with E-state index in [4.69, 9.17) is 5.14 Å². The lowest BCUT2D eigenvalue weighted by Gasteiger charge is -2.04. The summed E-state index contributed by atoms with van der Waals surface area (Å²) in [6, 6.07) is 0. The van der Waals surface area contributed by atoms with Gasteiger partial charge in [-0.25, -0.2) is 18.5 Å². The molecule has 1 aromatic rings. The van der Waals surface area contributed by atoms with Crippen LogP contribution in [0, 0.1) is 0 Å². The Morgan fingerprint density at radius 3 is 2.62 bits per heavy atom. The minimum atomic E-state index is -3.44. The highest BCUT2D eigenvalue weighted by atomic mass is 32.2. The second-order valence-electron chi connectivity index (χ2n) is 2.81. The van der Waals surface area contributed by atoms with Crippen molar-refractivity contribution in [2.45, 2.75) is 5.75 Å². The Kier molecular flexibility index (Phi) is 2.89. The molecule has 0 amide bonds. The molecule has 0 spiro atoms. The Bertz CT molecular complexity index is 382. The van der Waals surface area contributed by atoms with E-state index in [-0.39, 0.29) is 5.75 Å². The molecule has 0 unspecified atom stereocenters. The van der Waals surface area contributed by atoms with Crippen LogP contribution in [0.15, 0.2) is 6.20 Å². The van der Waals surface area contributed by atoms with E-state index in [1.165, 1.54) is 17.5 Å². The molecule has 0 aliphatic carbocycles. The fourth-order valence-electron chi connectivity index (χ4n) is 0.769. The molecule has 0 saturated heterocycles. The third-order valence-electron chi connectivity index (χ3n) is 1.27. The van der Waals surface area contributed by atoms with Gasteiger partial charge >= 0.3 is 0 Å². The zero-order valence-electron chi connectivity index (χ0n) is 7.39. The molecule has 2 N–H and O–H groups in total. The highest BCUT2D eigenvalue weighted by molar-refractivity contribution is 7.88. The molecule has 0 atom stereocenters. The van der Waals surface area contributed by atoms with Crippen molar-refractivity contribution >= 4 is 26.5 Å². The van der Waals surface area contributed by atoms with Crippen LogP contribution in [-0.2, 0) is 15.8 Å². The van der Waals surface area contributed by atoms with E-state index in [2.05, 4.69) is 4.98 Å². The highest BCUT2D eigenvalue weighted by Crippen LogP contribution is 2.21. The van der Waals surface area contributed by atoms with Gasteiger partial charge < -0.3 is 4.90 Å². The molecule has 0 aromatic carbocycles. The number of sulfonamides is 1. The normalized spacial score (nSPS) is 11.6. The molecule has 1 heterocycles. The van der Waals surface area contributed by atoms with E-state index in [9.17, 15) is 8.42 Å². The molecule has 0 saturated carbocycles. The maximum atomic E-state index is 10.7. The van der Waals surface area contributed by atoms with Crippen molar-refractivity contribution in [2.24, 2.45) is 5.14 Å². The van der Waals surface area contributed by atoms with Crippen molar-refractivity contribution in [1.29, 1.82) is 0 Å². The minimum Gasteiger partial charge on any atom is -0.354 e. The van der Waals surface area contributed by atoms with Crippen LogP contribution < -0.4 is 10.0 Å². The first-order valence-corrected chi connectivity index (χ1v) is 6.04. The lowest BCUT2D eigenvalue weighted by Crippen LogP contribution is -2.13. The summed E-state index contributed by atoms with van der Waals surface area (Å²) in [5.41, 5.74) is 0. The molecule has 0 aliphatic heterocycles. The number of primary sulfonamides is 1. The number of thiazole rings is 1. The monoisotopic (exact) mass is 221 g/mol. The van der Waals surface area contributed by atoms with Crippen LogP contribution in [-0.4, -0.2) is 27.5 Å². The second-order valence-corrected chi connectivity index (χ2v) is 5.52. The van der Waals surface area contributed by atoms with Gasteiger partial charge in [0.2, 0.25) is 10.0 Å². The Morgan fingerprint density at radius 1 is 1.62 bits per heavy atom. The maximum absolute atomic E-state index is 10.7. The molecular formula is C6H11N3O2S2. The lowest BCUT2D eigenvalue weighted by molar-refractivity contribution is 0.597. The zero-order valence-corrected chi connectivity index (χ0v) is 9.02. The molecule has 7 heteroatoms. The topological polar surface area (TPSA) is 76.3 Å². The van der Waals surface area contributed by atoms with Crippen molar-refractivity contribution in [3.8, 4) is 0 Å². The summed E-state index contributed by atoms with van der Waals surface area (Å²) >= 11 is 1.32. The number of hydrogen-bond donors (Lipinski definition) is 1. The smallest absolute Gasteiger partial charge is 0.214 e. The number of anilines is 1. The summed E-state index contributed by atoms with van der Waals surface area (Å²) in [5.74, 6) is -0.140. The molecular weight excluding hydrogens is 210 g/mol. The maximum Gasteiger partial charge on any atom is 0.214 e. The third-order valence-corrected chi connectivity index (χ3v) is 3.33. The molecule has 0 radical (unpaired) electrons. The van der Waals surface area contributed by atoms with Crippen LogP contribution in [0.1, 0.15) is 4.88 Å². The Morgan fingerprint density at radius 2 is 2.23 bits per heavy atom. The van der Waals surface area contributed by atoms with Crippen molar-refractivity contribution in [1.82, 2.24) is 4.98 Å². The summed E-state index contributed by atoms with van der Waals surface area (Å²) in [4.78, 5) is 6.50. The van der Waals surface area contributed by atoms with Gasteiger partial charge in [0.05, 0.1) is 0 Å². The first-order valence-electron chi connectivity index (χ1n) is 3.51. The largest absolute Gasteiger partial charge is 0.354 e. The van der Waals surface area contributed by atoms with Crippen molar-refractivity contribution in [2.75, 3.05) is 19.0 Å². The van der Waals surface area contributed by atoms with Crippen LogP contribution in [0.4, 0.5) is 5.13 Å². The molecule has 0 fully saturated rings. The van der Waals surface area contributed by atoms with Crippen LogP contribution in [0.5, 0.6) is 0 Å². The summed E-state index contributed by atoms with van der Waals surface area (Å²) in [6.45, 7) is 0. The van der Waals surface area contributed by atoms with E-state index in [0.29, 0.717) is 4.88 Å². The first-order chi connectivity index (χ1) is 5.88. The zero-order chi connectivity index (χ0) is 10.1. The molecule has 5 nitrogen and oxygen atoms in total. The van der Waals surface area contributed by atoms with E-state index >= 15 is 0 Å². The first kappa shape index (κ1) is 10.4.